The number of methoxy groups -OCH3 is 2. The van der Waals surface area contributed by atoms with Gasteiger partial charge in [-0.25, -0.2) is 29.6 Å². The molecule has 0 fully saturated rings. The topological polar surface area (TPSA) is 479 Å². The standard InChI is InChI=1S/C67H88N16O22/c1-34(2)104-62(94)39-21-23-72-82(52(39)58(90)68-10)60(92)47(76-56(88)45-27-69-43-25-37(100-15)17-19-41(43)74-45)32-102-65(97)55(67(8,9)99)81(14)51(87)31-79(12)49(85)29-71-59(91)53-40(63(95)105-35(3)4)22-24-73-83(53)61(93)48(77-57(89)46-28-70-44-26-38(101-16)18-20-42(44)75-46)33-103-64(96)54(66(6,7)98)80(13)50(86)30-78(11)36(5)84/h17-20,23-28,34-35,39-40,47-48,52-55,98-99H,21-22,29-33H2,1-16H3,(H,68,90)(H,71,91)(H,76,88)(H,77,89). The molecule has 105 heavy (non-hydrogen) atoms. The molecule has 2 aromatic carbocycles. The van der Waals surface area contributed by atoms with Crippen LogP contribution in [0.25, 0.3) is 22.1 Å². The van der Waals surface area contributed by atoms with E-state index >= 15 is 4.79 Å². The number of ether oxygens (including phenoxy) is 6. The van der Waals surface area contributed by atoms with Crippen molar-refractivity contribution in [3.8, 4) is 11.5 Å². The number of rotatable bonds is 30. The van der Waals surface area contributed by atoms with E-state index in [1.807, 2.05) is 0 Å². The van der Waals surface area contributed by atoms with Gasteiger partial charge < -0.3 is 79.5 Å². The van der Waals surface area contributed by atoms with Crippen LogP contribution in [0.2, 0.25) is 0 Å². The number of benzene rings is 2. The maximum atomic E-state index is 15.1. The monoisotopic (exact) mass is 1470 g/mol. The number of likely N-dealkylation sites (N-methyl/N-ethyl adjacent to an activating group) is 5. The molecule has 2 aliphatic heterocycles. The zero-order valence-electron chi connectivity index (χ0n) is 60.9. The van der Waals surface area contributed by atoms with Gasteiger partial charge in [-0.1, -0.05) is 0 Å². The van der Waals surface area contributed by atoms with E-state index in [0.717, 1.165) is 68.3 Å². The fourth-order valence-electron chi connectivity index (χ4n) is 10.9. The Labute approximate surface area is 602 Å². The number of nitrogens with zero attached hydrogens (tertiary/aromatic N) is 12. The number of hydrogen-bond acceptors (Lipinski definition) is 28. The summed E-state index contributed by atoms with van der Waals surface area (Å²) in [5.74, 6) is -16.8. The summed E-state index contributed by atoms with van der Waals surface area (Å²) >= 11 is 0. The smallest absolute Gasteiger partial charge is 0.331 e. The number of aromatic nitrogens is 4. The molecule has 0 spiro atoms. The van der Waals surface area contributed by atoms with Crippen LogP contribution in [0, 0.1) is 11.8 Å². The molecule has 8 atom stereocenters. The van der Waals surface area contributed by atoms with E-state index in [1.165, 1.54) is 93.4 Å². The van der Waals surface area contributed by atoms with Crippen molar-refractivity contribution in [3.05, 3.63) is 60.2 Å². The third kappa shape index (κ3) is 21.1. The first-order valence-corrected chi connectivity index (χ1v) is 32.8. The van der Waals surface area contributed by atoms with Crippen LogP contribution in [0.5, 0.6) is 11.5 Å². The van der Waals surface area contributed by atoms with E-state index in [1.54, 1.807) is 26.0 Å². The van der Waals surface area contributed by atoms with Gasteiger partial charge in [-0.3, -0.25) is 67.5 Å². The minimum atomic E-state index is -2.19. The van der Waals surface area contributed by atoms with Crippen molar-refractivity contribution in [2.24, 2.45) is 22.0 Å². The van der Waals surface area contributed by atoms with Crippen LogP contribution >= 0.6 is 0 Å². The lowest BCUT2D eigenvalue weighted by Crippen LogP contribution is -2.61. The van der Waals surface area contributed by atoms with E-state index in [2.05, 4.69) is 51.4 Å². The van der Waals surface area contributed by atoms with Crippen LogP contribution in [-0.4, -0.2) is 297 Å². The first-order chi connectivity index (χ1) is 49.2. The molecule has 4 heterocycles. The Morgan fingerprint density at radius 2 is 0.962 bits per heavy atom. The molecule has 0 aliphatic carbocycles. The fraction of sp³-hybridized carbons (Fsp3) is 0.522. The highest BCUT2D eigenvalue weighted by atomic mass is 16.6. The Morgan fingerprint density at radius 1 is 0.571 bits per heavy atom. The summed E-state index contributed by atoms with van der Waals surface area (Å²) in [6.07, 6.45) is 2.45. The quantitative estimate of drug-likeness (QED) is 0.0240. The number of fused-ring (bicyclic) bond motifs is 2. The second-order valence-corrected chi connectivity index (χ2v) is 26.1. The van der Waals surface area contributed by atoms with E-state index in [9.17, 15) is 72.5 Å². The largest absolute Gasteiger partial charge is 0.497 e. The second-order valence-electron chi connectivity index (χ2n) is 26.1. The van der Waals surface area contributed by atoms with Crippen LogP contribution in [0.1, 0.15) is 96.1 Å². The molecule has 6 N–H and O–H groups in total. The highest BCUT2D eigenvalue weighted by molar-refractivity contribution is 6.02. The highest BCUT2D eigenvalue weighted by Gasteiger charge is 2.49. The van der Waals surface area contributed by atoms with Crippen LogP contribution in [0.15, 0.2) is 59.0 Å². The summed E-state index contributed by atoms with van der Waals surface area (Å²) in [4.78, 5) is 216. The Balaban J connectivity index is 1.24. The van der Waals surface area contributed by atoms with Gasteiger partial charge in [0.2, 0.25) is 35.4 Å². The number of hydrogen-bond donors (Lipinski definition) is 6. The van der Waals surface area contributed by atoms with Crippen molar-refractivity contribution in [2.45, 2.75) is 135 Å². The zero-order valence-corrected chi connectivity index (χ0v) is 60.9. The van der Waals surface area contributed by atoms with Crippen LogP contribution in [-0.2, 0) is 76.5 Å². The molecule has 6 rings (SSSR count). The lowest BCUT2D eigenvalue weighted by molar-refractivity contribution is -0.167. The van der Waals surface area contributed by atoms with Gasteiger partial charge in [0.15, 0.2) is 12.1 Å². The summed E-state index contributed by atoms with van der Waals surface area (Å²) < 4.78 is 32.6. The van der Waals surface area contributed by atoms with Gasteiger partial charge in [0, 0.05) is 79.6 Å². The molecule has 2 aromatic heterocycles. The van der Waals surface area contributed by atoms with Crippen LogP contribution in [0.4, 0.5) is 0 Å². The lowest BCUT2D eigenvalue weighted by atomic mass is 9.93. The third-order valence-corrected chi connectivity index (χ3v) is 16.4. The normalized spacial score (nSPS) is 16.8. The van der Waals surface area contributed by atoms with Crippen molar-refractivity contribution in [1.29, 1.82) is 0 Å². The molecular formula is C67H88N16O22. The van der Waals surface area contributed by atoms with Gasteiger partial charge >= 0.3 is 23.9 Å². The predicted octanol–water partition coefficient (Wildman–Crippen LogP) is -2.12. The van der Waals surface area contributed by atoms with Crippen molar-refractivity contribution < 1.29 is 106 Å². The number of aliphatic hydroxyl groups is 2. The summed E-state index contributed by atoms with van der Waals surface area (Å²) in [5, 5.41) is 41.7. The first-order valence-electron chi connectivity index (χ1n) is 32.8. The molecule has 4 aromatic rings. The Hall–Kier alpha value is -11.4. The molecule has 0 saturated carbocycles. The molecule has 10 amide bonds. The van der Waals surface area contributed by atoms with E-state index in [4.69, 9.17) is 28.4 Å². The number of nitrogens with one attached hydrogen (secondary N) is 4. The van der Waals surface area contributed by atoms with Crippen molar-refractivity contribution in [2.75, 3.05) is 82.3 Å². The Kier molecular flexibility index (Phi) is 28.0. The van der Waals surface area contributed by atoms with Crippen molar-refractivity contribution in [1.82, 2.24) is 70.8 Å². The average molecular weight is 1470 g/mol. The number of carbonyl (C=O) groups is 14. The summed E-state index contributed by atoms with van der Waals surface area (Å²) in [5.41, 5.74) is -3.94. The van der Waals surface area contributed by atoms with Gasteiger partial charge in [0.1, 0.15) is 60.3 Å². The average Bonchev–Trinajstić information content (AvgIpc) is 0.801. The molecule has 2 aliphatic rings. The lowest BCUT2D eigenvalue weighted by Gasteiger charge is -2.37. The Bertz CT molecular complexity index is 4040. The summed E-state index contributed by atoms with van der Waals surface area (Å²) in [6, 6.07) is -2.33. The molecular weight excluding hydrogens is 1380 g/mol. The van der Waals surface area contributed by atoms with Gasteiger partial charge in [-0.05, 0) is 79.7 Å². The van der Waals surface area contributed by atoms with Gasteiger partial charge in [-0.15, -0.1) is 0 Å². The zero-order chi connectivity index (χ0) is 78.3. The van der Waals surface area contributed by atoms with Gasteiger partial charge in [0.05, 0.1) is 104 Å². The maximum absolute atomic E-state index is 15.1. The molecule has 0 saturated heterocycles. The second kappa shape index (κ2) is 35.6. The summed E-state index contributed by atoms with van der Waals surface area (Å²) in [6.45, 7) is 7.34. The number of amides is 10. The van der Waals surface area contributed by atoms with Crippen LogP contribution < -0.4 is 30.7 Å². The number of esters is 4. The van der Waals surface area contributed by atoms with Gasteiger partial charge in [0.25, 0.3) is 23.6 Å². The van der Waals surface area contributed by atoms with E-state index in [-0.39, 0.29) is 35.3 Å². The fourth-order valence-corrected chi connectivity index (χ4v) is 10.9. The number of hydrazone groups is 2. The third-order valence-electron chi connectivity index (χ3n) is 16.4. The van der Waals surface area contributed by atoms with E-state index in [0.29, 0.717) is 37.5 Å². The molecule has 0 radical (unpaired) electrons. The number of carbonyl (C=O) groups excluding carboxylic acids is 14. The summed E-state index contributed by atoms with van der Waals surface area (Å²) in [7, 11) is 8.75. The maximum Gasteiger partial charge on any atom is 0.331 e. The highest BCUT2D eigenvalue weighted by Crippen LogP contribution is 2.28. The Morgan fingerprint density at radius 3 is 1.32 bits per heavy atom. The molecule has 0 bridgehead atoms. The van der Waals surface area contributed by atoms with Gasteiger partial charge in [-0.2, -0.15) is 10.2 Å². The van der Waals surface area contributed by atoms with E-state index < -0.39 is 187 Å². The predicted molar refractivity (Wildman–Crippen MR) is 367 cm³/mol. The van der Waals surface area contributed by atoms with Crippen LogP contribution in [0.3, 0.4) is 0 Å². The minimum absolute atomic E-state index is 0.158. The molecule has 568 valence electrons. The molecule has 38 nitrogen and oxygen atoms in total. The molecule has 38 heteroatoms. The minimum Gasteiger partial charge on any atom is -0.497 e. The van der Waals surface area contributed by atoms with Crippen molar-refractivity contribution in [3.63, 3.8) is 0 Å². The SMILES string of the molecule is CNC(=O)C1C(C(=O)OC(C)C)CC=NN1C(=O)C(COC(=O)C(N(C)C(=O)CN(C)C(=O)CNC(=O)C1C(C(=O)OC(C)C)CC=NN1C(=O)C(COC(=O)C(N(C)C(=O)CN(C)C(C)=O)C(C)(C)O)NC(=O)c1cnc2cc(OC)ccc2n1)C(C)(C)O)NC(=O)c1cnc2cc(OC)ccc2n1. The first kappa shape index (κ1) is 82.5. The van der Waals surface area contributed by atoms with Crippen molar-refractivity contribution >= 4 is 117 Å². The molecule has 8 unspecified atom stereocenters.